The van der Waals surface area contributed by atoms with Crippen molar-refractivity contribution in [2.45, 2.75) is 19.1 Å². The van der Waals surface area contributed by atoms with E-state index in [9.17, 15) is 0 Å². The van der Waals surface area contributed by atoms with Gasteiger partial charge in [-0.25, -0.2) is 0 Å². The molecular weight excluding hydrogens is 118 g/mol. The molecule has 0 saturated carbocycles. The van der Waals surface area contributed by atoms with E-state index in [1.807, 2.05) is 6.92 Å². The van der Waals surface area contributed by atoms with E-state index >= 15 is 0 Å². The topological polar surface area (TPSA) is 35.2 Å². The monoisotopic (exact) mass is 131 g/mol. The van der Waals surface area contributed by atoms with Gasteiger partial charge in [0, 0.05) is 6.04 Å². The van der Waals surface area contributed by atoms with Crippen LogP contribution in [-0.4, -0.2) is 22.6 Å². The molecule has 0 aromatic heterocycles. The molecule has 0 aromatic rings. The summed E-state index contributed by atoms with van der Waals surface area (Å²) in [5.74, 6) is 0. The normalized spacial score (nSPS) is 17.8. The molecule has 0 rings (SSSR count). The van der Waals surface area contributed by atoms with E-state index in [0.29, 0.717) is 0 Å². The van der Waals surface area contributed by atoms with Crippen LogP contribution in [0.3, 0.4) is 0 Å². The van der Waals surface area contributed by atoms with Crippen LogP contribution in [0.2, 0.25) is 0 Å². The predicted octanol–water partition coefficient (Wildman–Crippen LogP) is -0.815. The zero-order valence-electron chi connectivity index (χ0n) is 5.42. The summed E-state index contributed by atoms with van der Waals surface area (Å²) >= 11 is 0. The van der Waals surface area contributed by atoms with Crippen LogP contribution in [0.25, 0.3) is 0 Å². The third kappa shape index (κ3) is 2.25. The third-order valence-corrected chi connectivity index (χ3v) is 1.93. The lowest BCUT2D eigenvalue weighted by molar-refractivity contribution is 0.227. The van der Waals surface area contributed by atoms with E-state index in [2.05, 4.69) is 6.58 Å². The van der Waals surface area contributed by atoms with E-state index in [4.69, 9.17) is 10.2 Å². The minimum atomic E-state index is -0.00694. The van der Waals surface area contributed by atoms with Gasteiger partial charge in [-0.2, -0.15) is 0 Å². The van der Waals surface area contributed by atoms with Gasteiger partial charge in [-0.15, -0.1) is 6.58 Å². The highest BCUT2D eigenvalue weighted by Crippen LogP contribution is 1.92. The highest BCUT2D eigenvalue weighted by atomic mass is 28.2. The summed E-state index contributed by atoms with van der Waals surface area (Å²) in [5.41, 5.74) is 5.51. The Morgan fingerprint density at radius 3 is 2.50 bits per heavy atom. The van der Waals surface area contributed by atoms with Crippen LogP contribution in [0, 0.1) is 0 Å². The van der Waals surface area contributed by atoms with Gasteiger partial charge in [0.2, 0.25) is 0 Å². The number of rotatable bonds is 3. The second-order valence-corrected chi connectivity index (χ2v) is 2.23. The second-order valence-electron chi connectivity index (χ2n) is 1.75. The highest BCUT2D eigenvalue weighted by Gasteiger charge is 2.04. The van der Waals surface area contributed by atoms with Crippen molar-refractivity contribution in [1.82, 2.24) is 0 Å². The molecule has 48 valence electrons. The molecule has 0 aromatic carbocycles. The highest BCUT2D eigenvalue weighted by molar-refractivity contribution is 5.98. The molecule has 3 heteroatoms. The van der Waals surface area contributed by atoms with Gasteiger partial charge in [0.25, 0.3) is 0 Å². The van der Waals surface area contributed by atoms with Crippen molar-refractivity contribution in [3.63, 3.8) is 0 Å². The van der Waals surface area contributed by atoms with Crippen LogP contribution >= 0.6 is 0 Å². The van der Waals surface area contributed by atoms with Gasteiger partial charge in [-0.3, -0.25) is 0 Å². The first-order valence-electron chi connectivity index (χ1n) is 2.63. The Morgan fingerprint density at radius 1 is 1.88 bits per heavy atom. The van der Waals surface area contributed by atoms with Crippen LogP contribution in [0.4, 0.5) is 0 Å². The van der Waals surface area contributed by atoms with Gasteiger partial charge >= 0.3 is 0 Å². The number of hydrogen-bond acceptors (Lipinski definition) is 2. The predicted molar refractivity (Wildman–Crippen MR) is 38.7 cm³/mol. The fourth-order valence-corrected chi connectivity index (χ4v) is 0.663. The first-order chi connectivity index (χ1) is 3.72. The zero-order chi connectivity index (χ0) is 6.57. The molecule has 0 radical (unpaired) electrons. The smallest absolute Gasteiger partial charge is 0.146 e. The maximum absolute atomic E-state index is 5.51. The molecule has 0 bridgehead atoms. The van der Waals surface area contributed by atoms with E-state index in [0.717, 1.165) is 10.5 Å². The molecule has 0 fully saturated rings. The molecular formula is C5H13NOSi. The lowest BCUT2D eigenvalue weighted by Gasteiger charge is -2.13. The SMILES string of the molecule is C=CC(N)C(C)O[SiH3]. The Labute approximate surface area is 53.3 Å². The molecule has 0 aliphatic heterocycles. The second kappa shape index (κ2) is 3.83. The van der Waals surface area contributed by atoms with Crippen LogP contribution < -0.4 is 5.73 Å². The maximum atomic E-state index is 5.51. The average molecular weight is 131 g/mol. The molecule has 2 nitrogen and oxygen atoms in total. The molecule has 2 unspecified atom stereocenters. The minimum absolute atomic E-state index is 0.00694. The molecule has 0 heterocycles. The summed E-state index contributed by atoms with van der Waals surface area (Å²) in [6.45, 7) is 5.48. The van der Waals surface area contributed by atoms with Crippen molar-refractivity contribution in [1.29, 1.82) is 0 Å². The van der Waals surface area contributed by atoms with Crippen molar-refractivity contribution >= 4 is 10.5 Å². The molecule has 0 saturated heterocycles. The van der Waals surface area contributed by atoms with Crippen molar-refractivity contribution in [2.75, 3.05) is 0 Å². The Kier molecular flexibility index (Phi) is 3.77. The molecule has 0 amide bonds. The molecule has 0 spiro atoms. The van der Waals surface area contributed by atoms with Crippen molar-refractivity contribution in [2.24, 2.45) is 5.73 Å². The summed E-state index contributed by atoms with van der Waals surface area (Å²) in [5, 5.41) is 0. The van der Waals surface area contributed by atoms with Gasteiger partial charge < -0.3 is 10.2 Å². The van der Waals surface area contributed by atoms with E-state index in [1.54, 1.807) is 6.08 Å². The van der Waals surface area contributed by atoms with E-state index < -0.39 is 0 Å². The van der Waals surface area contributed by atoms with Crippen LogP contribution in [0.15, 0.2) is 12.7 Å². The van der Waals surface area contributed by atoms with Crippen LogP contribution in [0.5, 0.6) is 0 Å². The quantitative estimate of drug-likeness (QED) is 0.401. The third-order valence-electron chi connectivity index (χ3n) is 1.19. The van der Waals surface area contributed by atoms with Gasteiger partial charge in [0.05, 0.1) is 6.10 Å². The number of hydrogen-bond donors (Lipinski definition) is 1. The van der Waals surface area contributed by atoms with Crippen molar-refractivity contribution in [3.8, 4) is 0 Å². The lowest BCUT2D eigenvalue weighted by atomic mass is 10.2. The zero-order valence-corrected chi connectivity index (χ0v) is 7.42. The van der Waals surface area contributed by atoms with Crippen LogP contribution in [-0.2, 0) is 4.43 Å². The fourth-order valence-electron chi connectivity index (χ4n) is 0.349. The van der Waals surface area contributed by atoms with Gasteiger partial charge in [-0.05, 0) is 6.92 Å². The van der Waals surface area contributed by atoms with Crippen molar-refractivity contribution in [3.05, 3.63) is 12.7 Å². The van der Waals surface area contributed by atoms with Gasteiger partial charge in [0.1, 0.15) is 10.5 Å². The summed E-state index contributed by atoms with van der Waals surface area (Å²) in [6.07, 6.45) is 1.84. The fraction of sp³-hybridized carbons (Fsp3) is 0.600. The van der Waals surface area contributed by atoms with Gasteiger partial charge in [0.15, 0.2) is 0 Å². The molecule has 0 aliphatic rings. The van der Waals surface area contributed by atoms with Crippen LogP contribution in [0.1, 0.15) is 6.92 Å². The maximum Gasteiger partial charge on any atom is 0.146 e. The average Bonchev–Trinajstić information content (AvgIpc) is 1.84. The largest absolute Gasteiger partial charge is 0.423 e. The lowest BCUT2D eigenvalue weighted by Crippen LogP contribution is -2.31. The van der Waals surface area contributed by atoms with Crippen molar-refractivity contribution < 1.29 is 4.43 Å². The first-order valence-corrected chi connectivity index (χ1v) is 3.45. The van der Waals surface area contributed by atoms with E-state index in [1.165, 1.54) is 0 Å². The Morgan fingerprint density at radius 2 is 2.38 bits per heavy atom. The summed E-state index contributed by atoms with van der Waals surface area (Å²) in [6, 6.07) is -0.00694. The van der Waals surface area contributed by atoms with Gasteiger partial charge in [-0.1, -0.05) is 6.08 Å². The molecule has 2 N–H and O–H groups in total. The summed E-state index contributed by atoms with van der Waals surface area (Å²) < 4.78 is 5.05. The molecule has 8 heavy (non-hydrogen) atoms. The Balaban J connectivity index is 3.44. The summed E-state index contributed by atoms with van der Waals surface area (Å²) in [7, 11) is 0.747. The molecule has 0 aliphatic carbocycles. The van der Waals surface area contributed by atoms with E-state index in [-0.39, 0.29) is 12.1 Å². The Bertz CT molecular complexity index is 76.8. The summed E-state index contributed by atoms with van der Waals surface area (Å²) in [4.78, 5) is 0. The standard InChI is InChI=1S/C5H13NOSi/c1-3-5(6)4(2)7-8/h3-5H,1,6H2,2,8H3. The first kappa shape index (κ1) is 7.88. The molecule has 2 atom stereocenters. The minimum Gasteiger partial charge on any atom is -0.423 e. The number of nitrogens with two attached hydrogens (primary N) is 1. The Hall–Kier alpha value is -0.123.